The van der Waals surface area contributed by atoms with Crippen LogP contribution < -0.4 is 0 Å². The summed E-state index contributed by atoms with van der Waals surface area (Å²) < 4.78 is 30.9. The van der Waals surface area contributed by atoms with Crippen LogP contribution in [0, 0.1) is 0 Å². The van der Waals surface area contributed by atoms with Crippen LogP contribution in [0.5, 0.6) is 0 Å². The molecule has 0 radical (unpaired) electrons. The molecule has 0 atom stereocenters. The molecule has 5 nitrogen and oxygen atoms in total. The van der Waals surface area contributed by atoms with Crippen molar-refractivity contribution >= 4 is 16.0 Å². The lowest BCUT2D eigenvalue weighted by Gasteiger charge is -2.20. The highest BCUT2D eigenvalue weighted by atomic mass is 32.2. The number of carbonyl (C=O) groups is 1. The minimum absolute atomic E-state index is 0.197. The molecule has 0 aliphatic heterocycles. The Morgan fingerprint density at radius 1 is 1.20 bits per heavy atom. The van der Waals surface area contributed by atoms with Crippen LogP contribution in [0.25, 0.3) is 0 Å². The fraction of sp³-hybridized carbons (Fsp3) is 0.500. The van der Waals surface area contributed by atoms with Gasteiger partial charge in [0.05, 0.1) is 17.6 Å². The molecule has 0 aromatic heterocycles. The first-order chi connectivity index (χ1) is 9.47. The third-order valence-electron chi connectivity index (χ3n) is 3.03. The third-order valence-corrected chi connectivity index (χ3v) is 5.02. The molecule has 1 rings (SSSR count). The molecule has 0 saturated carbocycles. The summed E-state index contributed by atoms with van der Waals surface area (Å²) in [5.74, 6) is -0.479. The van der Waals surface area contributed by atoms with Crippen molar-refractivity contribution in [2.45, 2.75) is 31.6 Å². The summed E-state index contributed by atoms with van der Waals surface area (Å²) in [6.45, 7) is 4.77. The van der Waals surface area contributed by atoms with E-state index in [1.54, 1.807) is 0 Å². The number of hydrogen-bond acceptors (Lipinski definition) is 4. The predicted molar refractivity (Wildman–Crippen MR) is 77.1 cm³/mol. The highest BCUT2D eigenvalue weighted by molar-refractivity contribution is 7.89. The average Bonchev–Trinajstić information content (AvgIpc) is 2.47. The van der Waals surface area contributed by atoms with Gasteiger partial charge >= 0.3 is 5.97 Å². The van der Waals surface area contributed by atoms with Crippen LogP contribution in [0.15, 0.2) is 29.2 Å². The van der Waals surface area contributed by atoms with Gasteiger partial charge in [0.15, 0.2) is 0 Å². The summed E-state index contributed by atoms with van der Waals surface area (Å²) >= 11 is 0. The zero-order valence-electron chi connectivity index (χ0n) is 12.1. The molecule has 0 amide bonds. The van der Waals surface area contributed by atoms with E-state index in [0.717, 1.165) is 12.8 Å². The molecule has 0 aliphatic carbocycles. The number of sulfonamides is 1. The van der Waals surface area contributed by atoms with Crippen molar-refractivity contribution in [1.29, 1.82) is 0 Å². The van der Waals surface area contributed by atoms with E-state index in [1.807, 2.05) is 13.8 Å². The van der Waals surface area contributed by atoms with E-state index in [2.05, 4.69) is 4.74 Å². The van der Waals surface area contributed by atoms with Gasteiger partial charge in [-0.15, -0.1) is 0 Å². The van der Waals surface area contributed by atoms with E-state index in [-0.39, 0.29) is 4.90 Å². The second-order valence-electron chi connectivity index (χ2n) is 4.37. The van der Waals surface area contributed by atoms with Gasteiger partial charge in [-0.2, -0.15) is 4.31 Å². The Morgan fingerprint density at radius 2 is 1.80 bits per heavy atom. The molecule has 0 aliphatic rings. The van der Waals surface area contributed by atoms with Crippen molar-refractivity contribution in [2.24, 2.45) is 0 Å². The third kappa shape index (κ3) is 3.80. The lowest BCUT2D eigenvalue weighted by atomic mass is 10.2. The molecule has 1 aromatic carbocycles. The first-order valence-electron chi connectivity index (χ1n) is 6.65. The molecule has 112 valence electrons. The topological polar surface area (TPSA) is 63.7 Å². The second-order valence-corrected chi connectivity index (χ2v) is 6.30. The maximum atomic E-state index is 12.4. The van der Waals surface area contributed by atoms with Crippen LogP contribution in [0.3, 0.4) is 0 Å². The molecular formula is C14H21NO4S. The number of rotatable bonds is 7. The maximum Gasteiger partial charge on any atom is 0.337 e. The van der Waals surface area contributed by atoms with E-state index in [9.17, 15) is 13.2 Å². The molecule has 0 saturated heterocycles. The van der Waals surface area contributed by atoms with Crippen molar-refractivity contribution < 1.29 is 17.9 Å². The molecule has 20 heavy (non-hydrogen) atoms. The lowest BCUT2D eigenvalue weighted by molar-refractivity contribution is 0.0600. The van der Waals surface area contributed by atoms with Gasteiger partial charge in [-0.3, -0.25) is 0 Å². The molecule has 0 unspecified atom stereocenters. The lowest BCUT2D eigenvalue weighted by Crippen LogP contribution is -2.31. The summed E-state index contributed by atoms with van der Waals surface area (Å²) in [5.41, 5.74) is 0.336. The van der Waals surface area contributed by atoms with E-state index in [1.165, 1.54) is 35.7 Å². The molecule has 0 N–H and O–H groups in total. The summed E-state index contributed by atoms with van der Waals surface area (Å²) in [6.07, 6.45) is 1.76. The predicted octanol–water partition coefficient (Wildman–Crippen LogP) is 2.28. The van der Waals surface area contributed by atoms with Crippen molar-refractivity contribution in [3.63, 3.8) is 0 Å². The molecule has 0 spiro atoms. The molecule has 1 aromatic rings. The van der Waals surface area contributed by atoms with Gasteiger partial charge in [-0.05, 0) is 30.7 Å². The van der Waals surface area contributed by atoms with Gasteiger partial charge in [0.1, 0.15) is 0 Å². The van der Waals surface area contributed by atoms with Crippen LogP contribution in [0.4, 0.5) is 0 Å². The number of ether oxygens (including phenoxy) is 1. The number of nitrogens with zero attached hydrogens (tertiary/aromatic N) is 1. The second kappa shape index (κ2) is 7.40. The average molecular weight is 299 g/mol. The summed E-state index contributed by atoms with van der Waals surface area (Å²) in [7, 11) is -2.20. The van der Waals surface area contributed by atoms with E-state index >= 15 is 0 Å². The summed E-state index contributed by atoms with van der Waals surface area (Å²) in [6, 6.07) is 5.81. The Morgan fingerprint density at radius 3 is 2.25 bits per heavy atom. The van der Waals surface area contributed by atoms with Gasteiger partial charge in [-0.1, -0.05) is 20.3 Å². The van der Waals surface area contributed by atoms with Crippen LogP contribution >= 0.6 is 0 Å². The van der Waals surface area contributed by atoms with Crippen molar-refractivity contribution in [3.8, 4) is 0 Å². The normalized spacial score (nSPS) is 11.6. The molecule has 6 heteroatoms. The van der Waals surface area contributed by atoms with Gasteiger partial charge in [0.2, 0.25) is 10.0 Å². The maximum absolute atomic E-state index is 12.4. The molecular weight excluding hydrogens is 278 g/mol. The van der Waals surface area contributed by atoms with Gasteiger partial charge in [-0.25, -0.2) is 13.2 Å². The van der Waals surface area contributed by atoms with Gasteiger partial charge in [0.25, 0.3) is 0 Å². The van der Waals surface area contributed by atoms with E-state index in [0.29, 0.717) is 18.7 Å². The van der Waals surface area contributed by atoms with Gasteiger partial charge in [0, 0.05) is 13.1 Å². The summed E-state index contributed by atoms with van der Waals surface area (Å²) in [4.78, 5) is 11.5. The number of unbranched alkanes of at least 4 members (excludes halogenated alkanes) is 1. The Balaban J connectivity index is 2.99. The molecule has 0 heterocycles. The molecule has 0 bridgehead atoms. The summed E-state index contributed by atoms with van der Waals surface area (Å²) in [5, 5.41) is 0. The molecule has 0 fully saturated rings. The quantitative estimate of drug-likeness (QED) is 0.725. The Kier molecular flexibility index (Phi) is 6.16. The van der Waals surface area contributed by atoms with Crippen molar-refractivity contribution in [2.75, 3.05) is 20.2 Å². The number of esters is 1. The van der Waals surface area contributed by atoms with Crippen LogP contribution in [-0.2, 0) is 14.8 Å². The zero-order valence-corrected chi connectivity index (χ0v) is 12.9. The number of hydrogen-bond donors (Lipinski definition) is 0. The monoisotopic (exact) mass is 299 g/mol. The smallest absolute Gasteiger partial charge is 0.337 e. The Bertz CT molecular complexity index is 537. The first kappa shape index (κ1) is 16.7. The Labute approximate surface area is 120 Å². The number of methoxy groups -OCH3 is 1. The number of benzene rings is 1. The minimum Gasteiger partial charge on any atom is -0.465 e. The number of carbonyl (C=O) groups excluding carboxylic acids is 1. The largest absolute Gasteiger partial charge is 0.465 e. The van der Waals surface area contributed by atoms with E-state index < -0.39 is 16.0 Å². The minimum atomic E-state index is -3.49. The van der Waals surface area contributed by atoms with Gasteiger partial charge < -0.3 is 4.74 Å². The highest BCUT2D eigenvalue weighted by Crippen LogP contribution is 2.17. The van der Waals surface area contributed by atoms with Crippen LogP contribution in [0.1, 0.15) is 37.0 Å². The van der Waals surface area contributed by atoms with Crippen LogP contribution in [-0.4, -0.2) is 38.9 Å². The zero-order chi connectivity index (χ0) is 15.2. The standard InChI is InChI=1S/C14H21NO4S/c1-4-6-11-15(5-2)20(17,18)13-9-7-12(8-10-13)14(16)19-3/h7-10H,4-6,11H2,1-3H3. The van der Waals surface area contributed by atoms with Crippen molar-refractivity contribution in [3.05, 3.63) is 29.8 Å². The first-order valence-corrected chi connectivity index (χ1v) is 8.09. The fourth-order valence-corrected chi connectivity index (χ4v) is 3.30. The van der Waals surface area contributed by atoms with E-state index in [4.69, 9.17) is 0 Å². The van der Waals surface area contributed by atoms with Crippen LogP contribution in [0.2, 0.25) is 0 Å². The van der Waals surface area contributed by atoms with Crippen molar-refractivity contribution in [1.82, 2.24) is 4.31 Å². The fourth-order valence-electron chi connectivity index (χ4n) is 1.81. The SMILES string of the molecule is CCCCN(CC)S(=O)(=O)c1ccc(C(=O)OC)cc1. The highest BCUT2D eigenvalue weighted by Gasteiger charge is 2.22. The Hall–Kier alpha value is -1.40.